The minimum atomic E-state index is -0.0122. The highest BCUT2D eigenvalue weighted by Crippen LogP contribution is 2.18. The average Bonchev–Trinajstić information content (AvgIpc) is 2.30. The van der Waals surface area contributed by atoms with E-state index in [2.05, 4.69) is 5.10 Å². The van der Waals surface area contributed by atoms with Crippen LogP contribution in [-0.2, 0) is 6.54 Å². The van der Waals surface area contributed by atoms with Crippen molar-refractivity contribution in [1.82, 2.24) is 9.78 Å². The number of rotatable bonds is 2. The summed E-state index contributed by atoms with van der Waals surface area (Å²) >= 11 is 0. The van der Waals surface area contributed by atoms with Crippen LogP contribution < -0.4 is 0 Å². The maximum Gasteiger partial charge on any atom is 0.174 e. The molecule has 0 aliphatic rings. The molecule has 4 nitrogen and oxygen atoms in total. The summed E-state index contributed by atoms with van der Waals surface area (Å²) in [4.78, 5) is 10.3. The molecule has 4 heteroatoms. The van der Waals surface area contributed by atoms with E-state index in [-0.39, 0.29) is 11.4 Å². The number of aryl methyl sites for hydroxylation is 1. The highest BCUT2D eigenvalue weighted by atomic mass is 16.3. The molecule has 0 aromatic carbocycles. The Morgan fingerprint density at radius 3 is 2.64 bits per heavy atom. The lowest BCUT2D eigenvalue weighted by molar-refractivity contribution is 0.111. The number of nitrogens with zero attached hydrogens (tertiary/aromatic N) is 2. The highest BCUT2D eigenvalue weighted by molar-refractivity contribution is 5.76. The molecule has 1 N–H and O–H groups in total. The lowest BCUT2D eigenvalue weighted by Crippen LogP contribution is -1.98. The Hall–Kier alpha value is -1.32. The number of hydrogen-bond donors (Lipinski definition) is 1. The number of aldehydes is 1. The van der Waals surface area contributed by atoms with Crippen LogP contribution >= 0.6 is 0 Å². The quantitative estimate of drug-likeness (QED) is 0.639. The Bertz CT molecular complexity index is 278. The molecule has 0 spiro atoms. The van der Waals surface area contributed by atoms with Gasteiger partial charge in [-0.1, -0.05) is 0 Å². The summed E-state index contributed by atoms with van der Waals surface area (Å²) in [5.74, 6) is -0.0122. The van der Waals surface area contributed by atoms with Crippen LogP contribution in [0.2, 0.25) is 0 Å². The maximum absolute atomic E-state index is 10.3. The second-order valence-corrected chi connectivity index (χ2v) is 2.25. The third kappa shape index (κ3) is 1.11. The number of carbonyl (C=O) groups excluding carboxylic acids is 1. The summed E-state index contributed by atoms with van der Waals surface area (Å²) in [5.41, 5.74) is 0.749. The molecule has 0 saturated heterocycles. The summed E-state index contributed by atoms with van der Waals surface area (Å²) < 4.78 is 1.58. The number of hydrogen-bond acceptors (Lipinski definition) is 3. The van der Waals surface area contributed by atoms with Crippen LogP contribution in [0, 0.1) is 6.92 Å². The highest BCUT2D eigenvalue weighted by Gasteiger charge is 2.10. The number of carbonyl (C=O) groups is 1. The van der Waals surface area contributed by atoms with Gasteiger partial charge in [-0.25, -0.2) is 0 Å². The molecule has 0 aliphatic heterocycles. The van der Waals surface area contributed by atoms with Crippen LogP contribution in [0.25, 0.3) is 0 Å². The van der Waals surface area contributed by atoms with Gasteiger partial charge >= 0.3 is 0 Å². The van der Waals surface area contributed by atoms with E-state index in [0.717, 1.165) is 0 Å². The summed E-state index contributed by atoms with van der Waals surface area (Å²) in [7, 11) is 0. The van der Waals surface area contributed by atoms with E-state index in [1.807, 2.05) is 6.92 Å². The van der Waals surface area contributed by atoms with E-state index in [1.165, 1.54) is 0 Å². The van der Waals surface area contributed by atoms with Gasteiger partial charge in [-0.3, -0.25) is 9.48 Å². The van der Waals surface area contributed by atoms with Crippen molar-refractivity contribution in [2.24, 2.45) is 0 Å². The van der Waals surface area contributed by atoms with Gasteiger partial charge in [0.2, 0.25) is 0 Å². The molecular formula is C7H10N2O2. The predicted octanol–water partition coefficient (Wildman–Crippen LogP) is 0.730. The predicted molar refractivity (Wildman–Crippen MR) is 39.7 cm³/mol. The third-order valence-corrected chi connectivity index (χ3v) is 1.61. The molecule has 60 valence electrons. The van der Waals surface area contributed by atoms with Crippen molar-refractivity contribution in [2.45, 2.75) is 20.4 Å². The first-order valence-electron chi connectivity index (χ1n) is 3.42. The molecule has 0 saturated carbocycles. The monoisotopic (exact) mass is 154 g/mol. The van der Waals surface area contributed by atoms with E-state index in [0.29, 0.717) is 18.5 Å². The normalized spacial score (nSPS) is 10.0. The minimum absolute atomic E-state index is 0.0122. The minimum Gasteiger partial charge on any atom is -0.504 e. The first kappa shape index (κ1) is 7.78. The van der Waals surface area contributed by atoms with E-state index < -0.39 is 0 Å². The summed E-state index contributed by atoms with van der Waals surface area (Å²) in [6, 6.07) is 0. The molecule has 0 bridgehead atoms. The van der Waals surface area contributed by atoms with Gasteiger partial charge in [0.1, 0.15) is 0 Å². The fraction of sp³-hybridized carbons (Fsp3) is 0.429. The summed E-state index contributed by atoms with van der Waals surface area (Å²) in [6.07, 6.45) is 0.550. The van der Waals surface area contributed by atoms with Gasteiger partial charge in [-0.05, 0) is 13.8 Å². The largest absolute Gasteiger partial charge is 0.504 e. The maximum atomic E-state index is 10.3. The van der Waals surface area contributed by atoms with Crippen molar-refractivity contribution < 1.29 is 9.90 Å². The van der Waals surface area contributed by atoms with Gasteiger partial charge in [0.25, 0.3) is 0 Å². The topological polar surface area (TPSA) is 55.1 Å². The van der Waals surface area contributed by atoms with Crippen LogP contribution in [0.3, 0.4) is 0 Å². The van der Waals surface area contributed by atoms with Crippen LogP contribution in [-0.4, -0.2) is 21.2 Å². The Morgan fingerprint density at radius 1 is 1.73 bits per heavy atom. The lowest BCUT2D eigenvalue weighted by Gasteiger charge is -1.95. The van der Waals surface area contributed by atoms with Crippen molar-refractivity contribution in [3.8, 4) is 5.75 Å². The Balaban J connectivity index is 3.22. The number of aromatic hydroxyl groups is 1. The second kappa shape index (κ2) is 2.74. The molecule has 1 heterocycles. The summed E-state index contributed by atoms with van der Waals surface area (Å²) in [6.45, 7) is 4.28. The smallest absolute Gasteiger partial charge is 0.174 e. The zero-order chi connectivity index (χ0) is 8.43. The first-order chi connectivity index (χ1) is 5.20. The molecule has 0 aliphatic carbocycles. The molecule has 0 amide bonds. The lowest BCUT2D eigenvalue weighted by atomic mass is 10.3. The average molecular weight is 154 g/mol. The van der Waals surface area contributed by atoms with E-state index >= 15 is 0 Å². The molecule has 0 unspecified atom stereocenters. The van der Waals surface area contributed by atoms with Gasteiger partial charge in [0.15, 0.2) is 17.7 Å². The number of aromatic nitrogens is 2. The van der Waals surface area contributed by atoms with Gasteiger partial charge in [0.05, 0.1) is 5.69 Å². The van der Waals surface area contributed by atoms with Crippen molar-refractivity contribution in [3.05, 3.63) is 11.4 Å². The Morgan fingerprint density at radius 2 is 2.36 bits per heavy atom. The Labute approximate surface area is 64.5 Å². The van der Waals surface area contributed by atoms with Crippen molar-refractivity contribution in [3.63, 3.8) is 0 Å². The summed E-state index contributed by atoms with van der Waals surface area (Å²) in [5, 5.41) is 13.1. The molecule has 0 radical (unpaired) electrons. The molecular weight excluding hydrogens is 144 g/mol. The Kier molecular flexibility index (Phi) is 1.94. The van der Waals surface area contributed by atoms with Gasteiger partial charge in [-0.15, -0.1) is 0 Å². The molecule has 0 fully saturated rings. The molecule has 1 aromatic heterocycles. The van der Waals surface area contributed by atoms with Gasteiger partial charge in [-0.2, -0.15) is 5.10 Å². The zero-order valence-electron chi connectivity index (χ0n) is 6.53. The van der Waals surface area contributed by atoms with E-state index in [4.69, 9.17) is 0 Å². The van der Waals surface area contributed by atoms with Crippen molar-refractivity contribution >= 4 is 6.29 Å². The molecule has 0 atom stereocenters. The van der Waals surface area contributed by atoms with Crippen LogP contribution in [0.15, 0.2) is 0 Å². The van der Waals surface area contributed by atoms with Crippen LogP contribution in [0.5, 0.6) is 5.75 Å². The van der Waals surface area contributed by atoms with Gasteiger partial charge in [0, 0.05) is 6.54 Å². The van der Waals surface area contributed by atoms with Crippen molar-refractivity contribution in [1.29, 1.82) is 0 Å². The standard InChI is InChI=1S/C7H10N2O2/c1-3-9-5(2)7(11)6(4-10)8-9/h4,11H,3H2,1-2H3. The SMILES string of the molecule is CCn1nc(C=O)c(O)c1C. The first-order valence-corrected chi connectivity index (χ1v) is 3.42. The fourth-order valence-corrected chi connectivity index (χ4v) is 0.947. The molecule has 1 rings (SSSR count). The fourth-order valence-electron chi connectivity index (χ4n) is 0.947. The third-order valence-electron chi connectivity index (χ3n) is 1.61. The van der Waals surface area contributed by atoms with Crippen LogP contribution in [0.4, 0.5) is 0 Å². The molecule has 11 heavy (non-hydrogen) atoms. The van der Waals surface area contributed by atoms with E-state index in [1.54, 1.807) is 11.6 Å². The molecule has 1 aromatic rings. The second-order valence-electron chi connectivity index (χ2n) is 2.25. The van der Waals surface area contributed by atoms with Crippen LogP contribution in [0.1, 0.15) is 23.1 Å². The zero-order valence-corrected chi connectivity index (χ0v) is 6.53. The van der Waals surface area contributed by atoms with E-state index in [9.17, 15) is 9.90 Å². The van der Waals surface area contributed by atoms with Gasteiger partial charge < -0.3 is 5.11 Å². The van der Waals surface area contributed by atoms with Crippen molar-refractivity contribution in [2.75, 3.05) is 0 Å².